The molecular formula is C6H11ClO. The van der Waals surface area contributed by atoms with E-state index in [0.717, 1.165) is 25.5 Å². The summed E-state index contributed by atoms with van der Waals surface area (Å²) < 4.78 is 5.03. The summed E-state index contributed by atoms with van der Waals surface area (Å²) in [6.45, 7) is 4.01. The first-order valence-electron chi connectivity index (χ1n) is 2.91. The fourth-order valence-electron chi connectivity index (χ4n) is 0.823. The first kappa shape index (κ1) is 6.37. The average molecular weight is 135 g/mol. The van der Waals surface area contributed by atoms with Gasteiger partial charge >= 0.3 is 0 Å². The fraction of sp³-hybridized carbons (Fsp3) is 1.00. The summed E-state index contributed by atoms with van der Waals surface area (Å²) in [6, 6.07) is 0. The van der Waals surface area contributed by atoms with E-state index < -0.39 is 0 Å². The molecule has 8 heavy (non-hydrogen) atoms. The predicted octanol–water partition coefficient (Wildman–Crippen LogP) is 1.65. The third-order valence-electron chi connectivity index (χ3n) is 1.60. The normalized spacial score (nSPS) is 24.8. The maximum atomic E-state index is 5.54. The van der Waals surface area contributed by atoms with Gasteiger partial charge in [-0.25, -0.2) is 0 Å². The standard InChI is InChI=1S/C6H11ClO/c1-6(2-3-7)4-8-5-6/h2-5H2,1H3. The Bertz CT molecular complexity index is 78.6. The van der Waals surface area contributed by atoms with Crippen molar-refractivity contribution in [2.24, 2.45) is 5.41 Å². The van der Waals surface area contributed by atoms with Gasteiger partial charge in [0.05, 0.1) is 13.2 Å². The third kappa shape index (κ3) is 1.15. The van der Waals surface area contributed by atoms with E-state index in [-0.39, 0.29) is 0 Å². The van der Waals surface area contributed by atoms with E-state index in [9.17, 15) is 0 Å². The van der Waals surface area contributed by atoms with Crippen LogP contribution >= 0.6 is 11.6 Å². The number of hydrogen-bond acceptors (Lipinski definition) is 1. The maximum absolute atomic E-state index is 5.54. The van der Waals surface area contributed by atoms with E-state index in [2.05, 4.69) is 6.92 Å². The molecule has 1 aliphatic heterocycles. The summed E-state index contributed by atoms with van der Waals surface area (Å²) in [6.07, 6.45) is 1.09. The van der Waals surface area contributed by atoms with E-state index in [4.69, 9.17) is 16.3 Å². The van der Waals surface area contributed by atoms with E-state index in [1.807, 2.05) is 0 Å². The minimum Gasteiger partial charge on any atom is -0.380 e. The fourth-order valence-corrected chi connectivity index (χ4v) is 1.28. The van der Waals surface area contributed by atoms with Crippen LogP contribution in [0.3, 0.4) is 0 Å². The topological polar surface area (TPSA) is 9.23 Å². The van der Waals surface area contributed by atoms with Crippen LogP contribution < -0.4 is 0 Å². The Labute approximate surface area is 55.0 Å². The molecular weight excluding hydrogens is 124 g/mol. The molecule has 1 fully saturated rings. The Morgan fingerprint density at radius 2 is 2.25 bits per heavy atom. The number of rotatable bonds is 2. The number of ether oxygens (including phenoxy) is 1. The molecule has 1 saturated heterocycles. The van der Waals surface area contributed by atoms with E-state index in [1.54, 1.807) is 0 Å². The van der Waals surface area contributed by atoms with Crippen molar-refractivity contribution in [1.82, 2.24) is 0 Å². The molecule has 0 bridgehead atoms. The third-order valence-corrected chi connectivity index (χ3v) is 1.79. The lowest BCUT2D eigenvalue weighted by Gasteiger charge is -2.37. The molecule has 0 atom stereocenters. The Morgan fingerprint density at radius 3 is 2.38 bits per heavy atom. The molecule has 0 amide bonds. The van der Waals surface area contributed by atoms with Crippen LogP contribution in [0.15, 0.2) is 0 Å². The Hall–Kier alpha value is 0.250. The second-order valence-corrected chi connectivity index (χ2v) is 3.12. The summed E-state index contributed by atoms with van der Waals surface area (Å²) in [4.78, 5) is 0. The van der Waals surface area contributed by atoms with Gasteiger partial charge in [0.25, 0.3) is 0 Å². The average Bonchev–Trinajstić information content (AvgIpc) is 1.64. The quantitative estimate of drug-likeness (QED) is 0.522. The highest BCUT2D eigenvalue weighted by molar-refractivity contribution is 6.17. The first-order valence-corrected chi connectivity index (χ1v) is 3.44. The smallest absolute Gasteiger partial charge is 0.0542 e. The zero-order chi connectivity index (χ0) is 6.04. The van der Waals surface area contributed by atoms with Crippen molar-refractivity contribution in [3.63, 3.8) is 0 Å². The summed E-state index contributed by atoms with van der Waals surface area (Å²) in [5, 5.41) is 0. The van der Waals surface area contributed by atoms with Crippen molar-refractivity contribution in [3.05, 3.63) is 0 Å². The zero-order valence-corrected chi connectivity index (χ0v) is 5.87. The second-order valence-electron chi connectivity index (χ2n) is 2.74. The van der Waals surface area contributed by atoms with Gasteiger partial charge in [-0.15, -0.1) is 11.6 Å². The largest absolute Gasteiger partial charge is 0.380 e. The van der Waals surface area contributed by atoms with Crippen LogP contribution in [-0.4, -0.2) is 19.1 Å². The number of alkyl halides is 1. The molecule has 0 N–H and O–H groups in total. The van der Waals surface area contributed by atoms with Crippen molar-refractivity contribution < 1.29 is 4.74 Å². The molecule has 0 saturated carbocycles. The molecule has 0 aliphatic carbocycles. The molecule has 0 radical (unpaired) electrons. The molecule has 48 valence electrons. The summed E-state index contributed by atoms with van der Waals surface area (Å²) in [7, 11) is 0. The van der Waals surface area contributed by atoms with Crippen LogP contribution in [0, 0.1) is 5.41 Å². The van der Waals surface area contributed by atoms with Crippen LogP contribution in [-0.2, 0) is 4.74 Å². The highest BCUT2D eigenvalue weighted by Crippen LogP contribution is 2.30. The zero-order valence-electron chi connectivity index (χ0n) is 5.11. The summed E-state index contributed by atoms with van der Waals surface area (Å²) >= 11 is 5.54. The lowest BCUT2D eigenvalue weighted by molar-refractivity contribution is -0.102. The number of hydrogen-bond donors (Lipinski definition) is 0. The minimum atomic E-state index is 0.418. The molecule has 1 nitrogen and oxygen atoms in total. The van der Waals surface area contributed by atoms with E-state index in [0.29, 0.717) is 5.41 Å². The predicted molar refractivity (Wildman–Crippen MR) is 34.3 cm³/mol. The number of halogens is 1. The SMILES string of the molecule is CC1(CCCl)COC1. The second kappa shape index (κ2) is 2.24. The Morgan fingerprint density at radius 1 is 1.62 bits per heavy atom. The van der Waals surface area contributed by atoms with Crippen molar-refractivity contribution in [2.45, 2.75) is 13.3 Å². The van der Waals surface area contributed by atoms with Gasteiger partial charge in [-0.2, -0.15) is 0 Å². The first-order chi connectivity index (χ1) is 3.77. The lowest BCUT2D eigenvalue weighted by atomic mass is 9.86. The molecule has 0 aromatic rings. The van der Waals surface area contributed by atoms with Crippen LogP contribution in [0.5, 0.6) is 0 Å². The highest BCUT2D eigenvalue weighted by Gasteiger charge is 2.31. The van der Waals surface area contributed by atoms with E-state index >= 15 is 0 Å². The van der Waals surface area contributed by atoms with Crippen molar-refractivity contribution in [2.75, 3.05) is 19.1 Å². The maximum Gasteiger partial charge on any atom is 0.0542 e. The molecule has 0 spiro atoms. The molecule has 1 heterocycles. The van der Waals surface area contributed by atoms with Gasteiger partial charge in [-0.05, 0) is 6.42 Å². The highest BCUT2D eigenvalue weighted by atomic mass is 35.5. The molecule has 1 aliphatic rings. The van der Waals surface area contributed by atoms with E-state index in [1.165, 1.54) is 0 Å². The van der Waals surface area contributed by atoms with Gasteiger partial charge in [-0.1, -0.05) is 6.92 Å². The molecule has 1 rings (SSSR count). The van der Waals surface area contributed by atoms with Crippen molar-refractivity contribution >= 4 is 11.6 Å². The van der Waals surface area contributed by atoms with Gasteiger partial charge in [0.1, 0.15) is 0 Å². The van der Waals surface area contributed by atoms with Crippen LogP contribution in [0.2, 0.25) is 0 Å². The summed E-state index contributed by atoms with van der Waals surface area (Å²) in [5.41, 5.74) is 0.418. The molecule has 0 aromatic heterocycles. The monoisotopic (exact) mass is 134 g/mol. The summed E-state index contributed by atoms with van der Waals surface area (Å²) in [5.74, 6) is 0.764. The van der Waals surface area contributed by atoms with Gasteiger partial charge in [0.15, 0.2) is 0 Å². The lowest BCUT2D eigenvalue weighted by Crippen LogP contribution is -2.39. The van der Waals surface area contributed by atoms with Crippen molar-refractivity contribution in [3.8, 4) is 0 Å². The Kier molecular flexibility index (Phi) is 1.78. The van der Waals surface area contributed by atoms with Gasteiger partial charge < -0.3 is 4.74 Å². The molecule has 0 aromatic carbocycles. The van der Waals surface area contributed by atoms with Gasteiger partial charge in [-0.3, -0.25) is 0 Å². The molecule has 0 unspecified atom stereocenters. The van der Waals surface area contributed by atoms with Gasteiger partial charge in [0, 0.05) is 11.3 Å². The van der Waals surface area contributed by atoms with Crippen molar-refractivity contribution in [1.29, 1.82) is 0 Å². The van der Waals surface area contributed by atoms with Gasteiger partial charge in [0.2, 0.25) is 0 Å². The van der Waals surface area contributed by atoms with Crippen LogP contribution in [0.1, 0.15) is 13.3 Å². The van der Waals surface area contributed by atoms with Crippen LogP contribution in [0.4, 0.5) is 0 Å². The molecule has 2 heteroatoms. The van der Waals surface area contributed by atoms with Crippen LogP contribution in [0.25, 0.3) is 0 Å². The minimum absolute atomic E-state index is 0.418. The Balaban J connectivity index is 2.20.